The van der Waals surface area contributed by atoms with Gasteiger partial charge in [0.05, 0.1) is 34.6 Å². The van der Waals surface area contributed by atoms with Crippen LogP contribution < -0.4 is 0 Å². The van der Waals surface area contributed by atoms with Gasteiger partial charge in [-0.05, 0) is 24.3 Å². The number of fused-ring (bicyclic) bond motifs is 5. The van der Waals surface area contributed by atoms with E-state index in [4.69, 9.17) is 9.97 Å². The standard InChI is InChI=1S/C30H20N4/c1-3-9-22(10-4-1)30-31-19-24(20-32-30)34-27-14-8-7-13-25(27)26-16-15-21-17-18-33(28(21)29(26)34)23-11-5-2-6-12-23/h1-20H. The van der Waals surface area contributed by atoms with Crippen molar-refractivity contribution in [3.05, 3.63) is 122 Å². The molecule has 0 atom stereocenters. The first-order valence-electron chi connectivity index (χ1n) is 11.3. The van der Waals surface area contributed by atoms with Crippen LogP contribution >= 0.6 is 0 Å². The number of para-hydroxylation sites is 2. The van der Waals surface area contributed by atoms with Crippen LogP contribution in [0, 0.1) is 0 Å². The predicted octanol–water partition coefficient (Wildman–Crippen LogP) is 7.18. The smallest absolute Gasteiger partial charge is 0.159 e. The highest BCUT2D eigenvalue weighted by Crippen LogP contribution is 2.37. The molecular weight excluding hydrogens is 416 g/mol. The summed E-state index contributed by atoms with van der Waals surface area (Å²) in [7, 11) is 0. The topological polar surface area (TPSA) is 35.6 Å². The van der Waals surface area contributed by atoms with Gasteiger partial charge in [-0.1, -0.05) is 78.9 Å². The predicted molar refractivity (Wildman–Crippen MR) is 139 cm³/mol. The van der Waals surface area contributed by atoms with Crippen molar-refractivity contribution in [2.45, 2.75) is 0 Å². The zero-order valence-corrected chi connectivity index (χ0v) is 18.3. The fraction of sp³-hybridized carbons (Fsp3) is 0. The van der Waals surface area contributed by atoms with Gasteiger partial charge in [-0.25, -0.2) is 9.97 Å². The molecule has 0 spiro atoms. The molecule has 0 aliphatic rings. The molecule has 3 aromatic heterocycles. The van der Waals surface area contributed by atoms with Crippen molar-refractivity contribution in [3.63, 3.8) is 0 Å². The van der Waals surface area contributed by atoms with E-state index < -0.39 is 0 Å². The second-order valence-electron chi connectivity index (χ2n) is 8.40. The van der Waals surface area contributed by atoms with Crippen LogP contribution in [0.5, 0.6) is 0 Å². The van der Waals surface area contributed by atoms with Crippen molar-refractivity contribution in [1.82, 2.24) is 19.1 Å². The van der Waals surface area contributed by atoms with E-state index in [0.717, 1.165) is 33.8 Å². The van der Waals surface area contributed by atoms with E-state index in [2.05, 4.69) is 82.1 Å². The molecule has 4 heteroatoms. The molecule has 0 bridgehead atoms. The van der Waals surface area contributed by atoms with Gasteiger partial charge in [0.15, 0.2) is 5.82 Å². The minimum Gasteiger partial charge on any atom is -0.315 e. The van der Waals surface area contributed by atoms with Gasteiger partial charge in [0.25, 0.3) is 0 Å². The van der Waals surface area contributed by atoms with Crippen LogP contribution in [0.1, 0.15) is 0 Å². The lowest BCUT2D eigenvalue weighted by molar-refractivity contribution is 1.07. The number of rotatable bonds is 3. The third-order valence-electron chi connectivity index (χ3n) is 6.45. The molecule has 0 radical (unpaired) electrons. The summed E-state index contributed by atoms with van der Waals surface area (Å²) < 4.78 is 4.56. The molecular formula is C30H20N4. The molecule has 0 unspecified atom stereocenters. The van der Waals surface area contributed by atoms with Crippen molar-refractivity contribution in [2.75, 3.05) is 0 Å². The Balaban J connectivity index is 1.55. The van der Waals surface area contributed by atoms with Crippen molar-refractivity contribution in [1.29, 1.82) is 0 Å². The number of nitrogens with zero attached hydrogens (tertiary/aromatic N) is 4. The van der Waals surface area contributed by atoms with E-state index in [0.29, 0.717) is 0 Å². The lowest BCUT2D eigenvalue weighted by Crippen LogP contribution is -2.00. The number of aromatic nitrogens is 4. The van der Waals surface area contributed by atoms with E-state index in [1.165, 1.54) is 21.7 Å². The number of benzene rings is 4. The summed E-state index contributed by atoms with van der Waals surface area (Å²) >= 11 is 0. The molecule has 4 aromatic carbocycles. The van der Waals surface area contributed by atoms with Gasteiger partial charge in [-0.3, -0.25) is 0 Å². The molecule has 4 nitrogen and oxygen atoms in total. The van der Waals surface area contributed by atoms with Crippen molar-refractivity contribution in [3.8, 4) is 22.8 Å². The minimum absolute atomic E-state index is 0.725. The zero-order valence-electron chi connectivity index (χ0n) is 18.3. The molecule has 0 saturated carbocycles. The Hall–Kier alpha value is -4.70. The van der Waals surface area contributed by atoms with Crippen LogP contribution in [0.25, 0.3) is 55.5 Å². The van der Waals surface area contributed by atoms with Crippen LogP contribution in [0.3, 0.4) is 0 Å². The third-order valence-corrected chi connectivity index (χ3v) is 6.45. The van der Waals surface area contributed by atoms with Gasteiger partial charge in [0.2, 0.25) is 0 Å². The van der Waals surface area contributed by atoms with Crippen molar-refractivity contribution < 1.29 is 0 Å². The molecule has 0 N–H and O–H groups in total. The van der Waals surface area contributed by atoms with E-state index in [1.807, 2.05) is 48.8 Å². The summed E-state index contributed by atoms with van der Waals surface area (Å²) in [5.74, 6) is 0.725. The highest BCUT2D eigenvalue weighted by Gasteiger charge is 2.18. The zero-order chi connectivity index (χ0) is 22.5. The van der Waals surface area contributed by atoms with Crippen molar-refractivity contribution >= 4 is 32.7 Å². The third kappa shape index (κ3) is 2.79. The monoisotopic (exact) mass is 436 g/mol. The highest BCUT2D eigenvalue weighted by molar-refractivity contribution is 6.18. The van der Waals surface area contributed by atoms with E-state index in [1.54, 1.807) is 0 Å². The van der Waals surface area contributed by atoms with Crippen LogP contribution in [-0.2, 0) is 0 Å². The summed E-state index contributed by atoms with van der Waals surface area (Å²) in [6.45, 7) is 0. The van der Waals surface area contributed by atoms with Crippen LogP contribution in [0.2, 0.25) is 0 Å². The van der Waals surface area contributed by atoms with E-state index in [9.17, 15) is 0 Å². The average molecular weight is 437 g/mol. The van der Waals surface area contributed by atoms with E-state index >= 15 is 0 Å². The first-order valence-corrected chi connectivity index (χ1v) is 11.3. The first-order chi connectivity index (χ1) is 16.9. The fourth-order valence-corrected chi connectivity index (χ4v) is 4.92. The highest BCUT2D eigenvalue weighted by atomic mass is 15.1. The average Bonchev–Trinajstić information content (AvgIpc) is 3.49. The Kier molecular flexibility index (Phi) is 4.11. The Morgan fingerprint density at radius 3 is 2.03 bits per heavy atom. The molecule has 160 valence electrons. The normalized spacial score (nSPS) is 11.5. The molecule has 7 aromatic rings. The first kappa shape index (κ1) is 18.8. The quantitative estimate of drug-likeness (QED) is 0.294. The maximum Gasteiger partial charge on any atom is 0.159 e. The maximum atomic E-state index is 4.73. The Morgan fingerprint density at radius 2 is 1.24 bits per heavy atom. The molecule has 0 saturated heterocycles. The Labute approximate surface area is 196 Å². The Bertz CT molecular complexity index is 1780. The molecule has 0 fully saturated rings. The van der Waals surface area contributed by atoms with Gasteiger partial charge >= 0.3 is 0 Å². The second-order valence-corrected chi connectivity index (χ2v) is 8.40. The summed E-state index contributed by atoms with van der Waals surface area (Å²) in [6.07, 6.45) is 6.00. The number of hydrogen-bond acceptors (Lipinski definition) is 2. The molecule has 0 aliphatic heterocycles. The molecule has 3 heterocycles. The van der Waals surface area contributed by atoms with Crippen molar-refractivity contribution in [2.24, 2.45) is 0 Å². The van der Waals surface area contributed by atoms with Crippen LogP contribution in [0.4, 0.5) is 0 Å². The van der Waals surface area contributed by atoms with Gasteiger partial charge in [0, 0.05) is 33.6 Å². The molecule has 7 rings (SSSR count). The van der Waals surface area contributed by atoms with Crippen LogP contribution in [0.15, 0.2) is 122 Å². The Morgan fingerprint density at radius 1 is 0.529 bits per heavy atom. The number of hydrogen-bond donors (Lipinski definition) is 0. The van der Waals surface area contributed by atoms with Gasteiger partial charge in [0.1, 0.15) is 0 Å². The fourth-order valence-electron chi connectivity index (χ4n) is 4.92. The van der Waals surface area contributed by atoms with Gasteiger partial charge in [-0.2, -0.15) is 0 Å². The molecule has 34 heavy (non-hydrogen) atoms. The molecule has 0 amide bonds. The minimum atomic E-state index is 0.725. The lowest BCUT2D eigenvalue weighted by atomic mass is 10.1. The largest absolute Gasteiger partial charge is 0.315 e. The SMILES string of the molecule is c1ccc(-c2ncc(-n3c4ccccc4c4ccc5ccn(-c6ccccc6)c5c43)cn2)cc1. The summed E-state index contributed by atoms with van der Waals surface area (Å²) in [5, 5.41) is 3.63. The van der Waals surface area contributed by atoms with Gasteiger partial charge < -0.3 is 9.13 Å². The molecule has 0 aliphatic carbocycles. The summed E-state index contributed by atoms with van der Waals surface area (Å²) in [6, 6.07) is 35.7. The summed E-state index contributed by atoms with van der Waals surface area (Å²) in [5.41, 5.74) is 6.56. The lowest BCUT2D eigenvalue weighted by Gasteiger charge is -2.11. The van der Waals surface area contributed by atoms with E-state index in [-0.39, 0.29) is 0 Å². The second kappa shape index (κ2) is 7.42. The summed E-state index contributed by atoms with van der Waals surface area (Å²) in [4.78, 5) is 9.46. The van der Waals surface area contributed by atoms with Crippen LogP contribution in [-0.4, -0.2) is 19.1 Å². The van der Waals surface area contributed by atoms with Gasteiger partial charge in [-0.15, -0.1) is 0 Å². The maximum absolute atomic E-state index is 4.73.